The van der Waals surface area contributed by atoms with Crippen molar-refractivity contribution in [2.24, 2.45) is 0 Å². The van der Waals surface area contributed by atoms with E-state index in [1.807, 2.05) is 26.8 Å². The van der Waals surface area contributed by atoms with Crippen LogP contribution in [-0.4, -0.2) is 10.2 Å². The molecule has 1 rings (SSSR count). The predicted octanol–water partition coefficient (Wildman–Crippen LogP) is 2.38. The van der Waals surface area contributed by atoms with E-state index in [1.54, 1.807) is 6.20 Å². The average molecular weight is 128 g/mol. The molecule has 0 radical (unpaired) electrons. The molecule has 0 saturated carbocycles. The molecular formula is C7H16N2. The normalized spacial score (nSPS) is 6.56. The zero-order chi connectivity index (χ0) is 6.41. The van der Waals surface area contributed by atoms with Gasteiger partial charge in [0.25, 0.3) is 0 Å². The first-order chi connectivity index (χ1) is 3.89. The molecule has 0 unspecified atom stereocenters. The summed E-state index contributed by atoms with van der Waals surface area (Å²) in [6, 6.07) is 1.92. The summed E-state index contributed by atoms with van der Waals surface area (Å²) >= 11 is 0. The highest BCUT2D eigenvalue weighted by atomic mass is 15.1. The van der Waals surface area contributed by atoms with Crippen molar-refractivity contribution in [3.8, 4) is 0 Å². The van der Waals surface area contributed by atoms with Crippen LogP contribution in [0.3, 0.4) is 0 Å². The van der Waals surface area contributed by atoms with Crippen LogP contribution in [0, 0.1) is 6.92 Å². The summed E-state index contributed by atoms with van der Waals surface area (Å²) in [5, 5.41) is 6.45. The average Bonchev–Trinajstić information content (AvgIpc) is 2.24. The zero-order valence-corrected chi connectivity index (χ0v) is 5.60. The van der Waals surface area contributed by atoms with E-state index in [2.05, 4.69) is 10.2 Å². The third-order valence-electron chi connectivity index (χ3n) is 0.640. The molecule has 0 aliphatic heterocycles. The lowest BCUT2D eigenvalue weighted by Gasteiger charge is -1.68. The highest BCUT2D eigenvalue weighted by Crippen LogP contribution is 1.82. The van der Waals surface area contributed by atoms with Gasteiger partial charge in [0.1, 0.15) is 0 Å². The molecule has 0 fully saturated rings. The molecule has 2 nitrogen and oxygen atoms in total. The van der Waals surface area contributed by atoms with Crippen LogP contribution in [0.25, 0.3) is 0 Å². The summed E-state index contributed by atoms with van der Waals surface area (Å²) in [7, 11) is 0. The van der Waals surface area contributed by atoms with Gasteiger partial charge < -0.3 is 0 Å². The Morgan fingerprint density at radius 2 is 2.00 bits per heavy atom. The fraction of sp³-hybridized carbons (Fsp3) is 0.571. The Hall–Kier alpha value is -0.790. The van der Waals surface area contributed by atoms with Gasteiger partial charge in [-0.05, 0) is 13.0 Å². The van der Waals surface area contributed by atoms with Gasteiger partial charge in [0.2, 0.25) is 0 Å². The van der Waals surface area contributed by atoms with Crippen molar-refractivity contribution in [3.63, 3.8) is 0 Å². The van der Waals surface area contributed by atoms with Gasteiger partial charge in [-0.25, -0.2) is 0 Å². The van der Waals surface area contributed by atoms with Crippen LogP contribution >= 0.6 is 0 Å². The third-order valence-corrected chi connectivity index (χ3v) is 0.640. The number of rotatable bonds is 0. The number of aromatic amines is 1. The lowest BCUT2D eigenvalue weighted by molar-refractivity contribution is 1.05. The van der Waals surface area contributed by atoms with Gasteiger partial charge in [-0.3, -0.25) is 5.10 Å². The van der Waals surface area contributed by atoms with Gasteiger partial charge in [0.05, 0.1) is 0 Å². The molecule has 0 aliphatic carbocycles. The zero-order valence-electron chi connectivity index (χ0n) is 5.60. The number of hydrogen-bond donors (Lipinski definition) is 1. The van der Waals surface area contributed by atoms with Crippen molar-refractivity contribution in [1.29, 1.82) is 0 Å². The Morgan fingerprint density at radius 1 is 1.44 bits per heavy atom. The minimum absolute atomic E-state index is 0. The molecule has 0 bridgehead atoms. The van der Waals surface area contributed by atoms with E-state index in [4.69, 9.17) is 0 Å². The summed E-state index contributed by atoms with van der Waals surface area (Å²) in [5.74, 6) is 0. The number of aromatic nitrogens is 2. The minimum atomic E-state index is 0. The topological polar surface area (TPSA) is 28.7 Å². The molecule has 2 heteroatoms. The molecule has 54 valence electrons. The lowest BCUT2D eigenvalue weighted by atomic mass is 10.5. The maximum Gasteiger partial charge on any atom is 0.0489 e. The third kappa shape index (κ3) is 5.07. The molecule has 9 heavy (non-hydrogen) atoms. The van der Waals surface area contributed by atoms with E-state index in [-0.39, 0.29) is 7.43 Å². The maximum absolute atomic E-state index is 3.70. The Labute approximate surface area is 57.3 Å². The second-order valence-corrected chi connectivity index (χ2v) is 1.24. The molecule has 0 spiro atoms. The van der Waals surface area contributed by atoms with Crippen molar-refractivity contribution in [2.45, 2.75) is 28.2 Å². The van der Waals surface area contributed by atoms with Crippen molar-refractivity contribution < 1.29 is 0 Å². The summed E-state index contributed by atoms with van der Waals surface area (Å²) in [6.07, 6.45) is 1.73. The van der Waals surface area contributed by atoms with E-state index in [0.717, 1.165) is 5.69 Å². The summed E-state index contributed by atoms with van der Waals surface area (Å²) < 4.78 is 0. The second-order valence-electron chi connectivity index (χ2n) is 1.24. The Bertz CT molecular complexity index is 110. The Balaban J connectivity index is 0. The number of hydrogen-bond acceptors (Lipinski definition) is 1. The van der Waals surface area contributed by atoms with Gasteiger partial charge in [-0.2, -0.15) is 5.10 Å². The quantitative estimate of drug-likeness (QED) is 0.571. The minimum Gasteiger partial charge on any atom is -0.283 e. The molecule has 1 N–H and O–H groups in total. The maximum atomic E-state index is 3.70. The van der Waals surface area contributed by atoms with Crippen LogP contribution in [0.1, 0.15) is 27.0 Å². The van der Waals surface area contributed by atoms with Crippen LogP contribution in [0.5, 0.6) is 0 Å². The fourth-order valence-electron chi connectivity index (χ4n) is 0.325. The van der Waals surface area contributed by atoms with E-state index >= 15 is 0 Å². The molecule has 1 aromatic rings. The van der Waals surface area contributed by atoms with Crippen molar-refractivity contribution in [1.82, 2.24) is 10.2 Å². The van der Waals surface area contributed by atoms with Crippen LogP contribution in [0.2, 0.25) is 0 Å². The monoisotopic (exact) mass is 128 g/mol. The van der Waals surface area contributed by atoms with Gasteiger partial charge in [-0.15, -0.1) is 0 Å². The van der Waals surface area contributed by atoms with Crippen molar-refractivity contribution in [2.75, 3.05) is 0 Å². The molecule has 0 saturated heterocycles. The van der Waals surface area contributed by atoms with Gasteiger partial charge in [-0.1, -0.05) is 21.3 Å². The number of H-pyrrole nitrogens is 1. The van der Waals surface area contributed by atoms with Crippen molar-refractivity contribution in [3.05, 3.63) is 18.0 Å². The Morgan fingerprint density at radius 3 is 2.11 bits per heavy atom. The molecular weight excluding hydrogens is 112 g/mol. The van der Waals surface area contributed by atoms with E-state index in [1.165, 1.54) is 0 Å². The van der Waals surface area contributed by atoms with Gasteiger partial charge in [0.15, 0.2) is 0 Å². The molecule has 1 heterocycles. The number of nitrogens with one attached hydrogen (secondary N) is 1. The lowest BCUT2D eigenvalue weighted by Crippen LogP contribution is -1.65. The summed E-state index contributed by atoms with van der Waals surface area (Å²) in [6.45, 7) is 5.97. The van der Waals surface area contributed by atoms with E-state index in [0.29, 0.717) is 0 Å². The molecule has 0 atom stereocenters. The van der Waals surface area contributed by atoms with Gasteiger partial charge in [0, 0.05) is 11.9 Å². The molecule has 0 amide bonds. The Kier molecular flexibility index (Phi) is 8.87. The molecule has 0 aromatic carbocycles. The summed E-state index contributed by atoms with van der Waals surface area (Å²) in [4.78, 5) is 0. The van der Waals surface area contributed by atoms with Crippen LogP contribution < -0.4 is 0 Å². The van der Waals surface area contributed by atoms with Gasteiger partial charge >= 0.3 is 0 Å². The van der Waals surface area contributed by atoms with Crippen LogP contribution in [-0.2, 0) is 0 Å². The molecule has 1 aromatic heterocycles. The predicted molar refractivity (Wildman–Crippen MR) is 41.4 cm³/mol. The standard InChI is InChI=1S/C4H6N2.C2H6.CH4/c1-4-2-3-5-6-4;1-2;/h2-3H,1H3,(H,5,6);1-2H3;1H4. The first-order valence-electron chi connectivity index (χ1n) is 2.85. The van der Waals surface area contributed by atoms with Crippen LogP contribution in [0.15, 0.2) is 12.3 Å². The fourth-order valence-corrected chi connectivity index (χ4v) is 0.325. The van der Waals surface area contributed by atoms with Crippen LogP contribution in [0.4, 0.5) is 0 Å². The SMILES string of the molecule is C.CC.Cc1ccn[nH]1. The number of nitrogens with zero attached hydrogens (tertiary/aromatic N) is 1. The smallest absolute Gasteiger partial charge is 0.0489 e. The highest BCUT2D eigenvalue weighted by molar-refractivity contribution is 4.91. The molecule has 0 aliphatic rings. The summed E-state index contributed by atoms with van der Waals surface area (Å²) in [5.41, 5.74) is 1.11. The largest absolute Gasteiger partial charge is 0.283 e. The number of aryl methyl sites for hydroxylation is 1. The van der Waals surface area contributed by atoms with E-state index < -0.39 is 0 Å². The second kappa shape index (κ2) is 7.21. The van der Waals surface area contributed by atoms with E-state index in [9.17, 15) is 0 Å². The van der Waals surface area contributed by atoms with Crippen molar-refractivity contribution >= 4 is 0 Å². The first-order valence-corrected chi connectivity index (χ1v) is 2.85. The first kappa shape index (κ1) is 11.1. The highest BCUT2D eigenvalue weighted by Gasteiger charge is 1.73.